The van der Waals surface area contributed by atoms with Gasteiger partial charge in [-0.1, -0.05) is 12.8 Å². The Kier molecular flexibility index (Phi) is 2.72. The van der Waals surface area contributed by atoms with Gasteiger partial charge in [-0.2, -0.15) is 0 Å². The molecule has 0 radical (unpaired) electrons. The van der Waals surface area contributed by atoms with Crippen LogP contribution < -0.4 is 5.32 Å². The summed E-state index contributed by atoms with van der Waals surface area (Å²) in [7, 11) is 0. The van der Waals surface area contributed by atoms with E-state index in [9.17, 15) is 0 Å². The summed E-state index contributed by atoms with van der Waals surface area (Å²) in [6, 6.07) is 0.906. The van der Waals surface area contributed by atoms with Crippen LogP contribution in [0.1, 0.15) is 57.8 Å². The number of hydrogen-bond acceptors (Lipinski definition) is 1. The molecule has 1 heteroatoms. The fourth-order valence-electron chi connectivity index (χ4n) is 6.06. The van der Waals surface area contributed by atoms with E-state index in [1.165, 1.54) is 25.8 Å². The first-order valence-electron chi connectivity index (χ1n) is 8.17. The smallest absolute Gasteiger partial charge is 0.00981 e. The molecule has 6 atom stereocenters. The third-order valence-corrected chi connectivity index (χ3v) is 6.69. The van der Waals surface area contributed by atoms with Crippen LogP contribution in [0.3, 0.4) is 0 Å². The first-order chi connectivity index (χ1) is 8.43. The molecule has 1 heterocycles. The van der Waals surface area contributed by atoms with Crippen LogP contribution in [-0.4, -0.2) is 12.6 Å². The second kappa shape index (κ2) is 4.26. The van der Waals surface area contributed by atoms with Gasteiger partial charge in [0.25, 0.3) is 0 Å². The molecule has 1 saturated heterocycles. The van der Waals surface area contributed by atoms with Crippen molar-refractivity contribution in [1.82, 2.24) is 5.32 Å². The number of nitrogens with one attached hydrogen (secondary N) is 1. The standard InChI is InChI=1S/C16H27N/c1-3-11-6-7-14-13(12(11)4-1)8-9-16-15(14)5-2-10-17-16/h11-17H,1-10H2. The Hall–Kier alpha value is -0.0400. The molecule has 0 aromatic carbocycles. The molecule has 4 aliphatic rings. The molecule has 6 unspecified atom stereocenters. The Morgan fingerprint density at radius 3 is 2.41 bits per heavy atom. The van der Waals surface area contributed by atoms with Gasteiger partial charge in [-0.25, -0.2) is 0 Å². The van der Waals surface area contributed by atoms with Crippen molar-refractivity contribution in [2.24, 2.45) is 29.6 Å². The summed E-state index contributed by atoms with van der Waals surface area (Å²) in [5, 5.41) is 3.81. The second-order valence-corrected chi connectivity index (χ2v) is 7.20. The summed E-state index contributed by atoms with van der Waals surface area (Å²) in [6.45, 7) is 1.30. The summed E-state index contributed by atoms with van der Waals surface area (Å²) in [5.41, 5.74) is 0. The van der Waals surface area contributed by atoms with E-state index in [4.69, 9.17) is 0 Å². The van der Waals surface area contributed by atoms with Gasteiger partial charge in [0.05, 0.1) is 0 Å². The summed E-state index contributed by atoms with van der Waals surface area (Å²) in [5.74, 6) is 5.60. The maximum atomic E-state index is 3.81. The lowest BCUT2D eigenvalue weighted by Gasteiger charge is -2.52. The Labute approximate surface area is 106 Å². The van der Waals surface area contributed by atoms with Crippen molar-refractivity contribution in [3.05, 3.63) is 0 Å². The minimum atomic E-state index is 0.906. The summed E-state index contributed by atoms with van der Waals surface area (Å²) in [4.78, 5) is 0. The van der Waals surface area contributed by atoms with Crippen LogP contribution in [0.5, 0.6) is 0 Å². The van der Waals surface area contributed by atoms with E-state index in [0.717, 1.165) is 35.6 Å². The van der Waals surface area contributed by atoms with E-state index in [1.54, 1.807) is 38.5 Å². The van der Waals surface area contributed by atoms with Crippen LogP contribution >= 0.6 is 0 Å². The molecule has 1 aliphatic heterocycles. The minimum Gasteiger partial charge on any atom is -0.314 e. The third-order valence-electron chi connectivity index (χ3n) is 6.69. The molecule has 3 saturated carbocycles. The first-order valence-corrected chi connectivity index (χ1v) is 8.17. The van der Waals surface area contributed by atoms with Gasteiger partial charge >= 0.3 is 0 Å². The van der Waals surface area contributed by atoms with Crippen molar-refractivity contribution in [2.45, 2.75) is 63.8 Å². The number of fused-ring (bicyclic) bond motifs is 5. The van der Waals surface area contributed by atoms with Crippen molar-refractivity contribution in [3.8, 4) is 0 Å². The van der Waals surface area contributed by atoms with E-state index in [0.29, 0.717) is 0 Å². The molecule has 4 fully saturated rings. The lowest BCUT2D eigenvalue weighted by Crippen LogP contribution is -2.52. The van der Waals surface area contributed by atoms with Gasteiger partial charge in [-0.05, 0) is 81.1 Å². The predicted molar refractivity (Wildman–Crippen MR) is 70.8 cm³/mol. The molecule has 0 spiro atoms. The molecule has 0 aromatic heterocycles. The summed E-state index contributed by atoms with van der Waals surface area (Å²) < 4.78 is 0. The number of piperidine rings is 1. The van der Waals surface area contributed by atoms with Gasteiger partial charge in [-0.15, -0.1) is 0 Å². The maximum Gasteiger partial charge on any atom is 0.00981 e. The highest BCUT2D eigenvalue weighted by Gasteiger charge is 2.48. The van der Waals surface area contributed by atoms with Gasteiger partial charge in [0, 0.05) is 6.04 Å². The number of rotatable bonds is 0. The maximum absolute atomic E-state index is 3.81. The van der Waals surface area contributed by atoms with Crippen molar-refractivity contribution >= 4 is 0 Å². The highest BCUT2D eigenvalue weighted by molar-refractivity contribution is 5.00. The molecule has 0 amide bonds. The molecular formula is C16H27N. The Morgan fingerprint density at radius 2 is 1.41 bits per heavy atom. The number of hydrogen-bond donors (Lipinski definition) is 1. The molecule has 1 nitrogen and oxygen atoms in total. The fraction of sp³-hybridized carbons (Fsp3) is 1.00. The molecule has 3 aliphatic carbocycles. The Bertz CT molecular complexity index is 287. The van der Waals surface area contributed by atoms with Gasteiger partial charge < -0.3 is 5.32 Å². The normalized spacial score (nSPS) is 53.6. The van der Waals surface area contributed by atoms with Gasteiger partial charge in [0.1, 0.15) is 0 Å². The van der Waals surface area contributed by atoms with Gasteiger partial charge in [-0.3, -0.25) is 0 Å². The van der Waals surface area contributed by atoms with Crippen LogP contribution in [-0.2, 0) is 0 Å². The van der Waals surface area contributed by atoms with E-state index in [2.05, 4.69) is 5.32 Å². The van der Waals surface area contributed by atoms with E-state index in [1.807, 2.05) is 0 Å². The second-order valence-electron chi connectivity index (χ2n) is 7.20. The zero-order valence-corrected chi connectivity index (χ0v) is 11.0. The lowest BCUT2D eigenvalue weighted by molar-refractivity contribution is -0.000513. The quantitative estimate of drug-likeness (QED) is 0.674. The summed E-state index contributed by atoms with van der Waals surface area (Å²) >= 11 is 0. The Balaban J connectivity index is 1.56. The molecule has 17 heavy (non-hydrogen) atoms. The topological polar surface area (TPSA) is 12.0 Å². The van der Waals surface area contributed by atoms with Crippen LogP contribution in [0, 0.1) is 29.6 Å². The molecule has 4 rings (SSSR count). The van der Waals surface area contributed by atoms with Crippen molar-refractivity contribution < 1.29 is 0 Å². The first kappa shape index (κ1) is 10.8. The highest BCUT2D eigenvalue weighted by Crippen LogP contribution is 2.55. The van der Waals surface area contributed by atoms with Crippen molar-refractivity contribution in [3.63, 3.8) is 0 Å². The van der Waals surface area contributed by atoms with Crippen molar-refractivity contribution in [2.75, 3.05) is 6.54 Å². The van der Waals surface area contributed by atoms with Crippen LogP contribution in [0.2, 0.25) is 0 Å². The van der Waals surface area contributed by atoms with Crippen molar-refractivity contribution in [1.29, 1.82) is 0 Å². The monoisotopic (exact) mass is 233 g/mol. The molecule has 0 aromatic rings. The average Bonchev–Trinajstić information content (AvgIpc) is 2.86. The van der Waals surface area contributed by atoms with E-state index < -0.39 is 0 Å². The zero-order valence-electron chi connectivity index (χ0n) is 11.0. The third kappa shape index (κ3) is 1.69. The van der Waals surface area contributed by atoms with Crippen LogP contribution in [0.4, 0.5) is 0 Å². The summed E-state index contributed by atoms with van der Waals surface area (Å²) in [6.07, 6.45) is 13.9. The SMILES string of the molecule is C1CC2CCC3C4CCCNC4CCC3C2C1. The molecule has 0 bridgehead atoms. The average molecular weight is 233 g/mol. The minimum absolute atomic E-state index is 0.906. The van der Waals surface area contributed by atoms with E-state index in [-0.39, 0.29) is 0 Å². The highest BCUT2D eigenvalue weighted by atomic mass is 14.9. The predicted octanol–water partition coefficient (Wildman–Crippen LogP) is 3.59. The zero-order chi connectivity index (χ0) is 11.2. The van der Waals surface area contributed by atoms with Crippen LogP contribution in [0.15, 0.2) is 0 Å². The largest absolute Gasteiger partial charge is 0.314 e. The lowest BCUT2D eigenvalue weighted by atomic mass is 9.56. The fourth-order valence-corrected chi connectivity index (χ4v) is 6.06. The molecule has 1 N–H and O–H groups in total. The Morgan fingerprint density at radius 1 is 0.588 bits per heavy atom. The van der Waals surface area contributed by atoms with Crippen LogP contribution in [0.25, 0.3) is 0 Å². The molecular weight excluding hydrogens is 206 g/mol. The van der Waals surface area contributed by atoms with Gasteiger partial charge in [0.15, 0.2) is 0 Å². The van der Waals surface area contributed by atoms with Gasteiger partial charge in [0.2, 0.25) is 0 Å². The van der Waals surface area contributed by atoms with E-state index >= 15 is 0 Å². The molecule has 96 valence electrons.